The molecule has 1 aromatic rings. The number of ether oxygens (including phenoxy) is 1. The summed E-state index contributed by atoms with van der Waals surface area (Å²) in [5.74, 6) is 1.20. The Balaban J connectivity index is 1.78. The first-order chi connectivity index (χ1) is 12.0. The lowest BCUT2D eigenvalue weighted by Crippen LogP contribution is -2.48. The standard InChI is InChI=1S/C21H34N2O2/c1-5-6-12-23-13-10-19(11-14-23)22-21(24)17(4)25-20-9-7-8-18(15-20)16(2)3/h7-9,15-17,19H,5-6,10-14H2,1-4H3,(H,22,24). The second-order valence-electron chi connectivity index (χ2n) is 7.47. The topological polar surface area (TPSA) is 41.6 Å². The van der Waals surface area contributed by atoms with E-state index in [1.807, 2.05) is 25.1 Å². The van der Waals surface area contributed by atoms with E-state index in [1.54, 1.807) is 0 Å². The predicted molar refractivity (Wildman–Crippen MR) is 103 cm³/mol. The zero-order valence-corrected chi connectivity index (χ0v) is 16.3. The highest BCUT2D eigenvalue weighted by Crippen LogP contribution is 2.21. The van der Waals surface area contributed by atoms with Crippen LogP contribution in [0.1, 0.15) is 64.9 Å². The molecule has 0 bridgehead atoms. The monoisotopic (exact) mass is 346 g/mol. The van der Waals surface area contributed by atoms with Gasteiger partial charge in [-0.15, -0.1) is 0 Å². The van der Waals surface area contributed by atoms with E-state index in [-0.39, 0.29) is 11.9 Å². The summed E-state index contributed by atoms with van der Waals surface area (Å²) < 4.78 is 5.86. The molecule has 1 saturated heterocycles. The van der Waals surface area contributed by atoms with Crippen molar-refractivity contribution in [3.05, 3.63) is 29.8 Å². The van der Waals surface area contributed by atoms with E-state index < -0.39 is 6.10 Å². The van der Waals surface area contributed by atoms with Gasteiger partial charge >= 0.3 is 0 Å². The van der Waals surface area contributed by atoms with E-state index in [0.29, 0.717) is 5.92 Å². The third-order valence-corrected chi connectivity index (χ3v) is 4.97. The van der Waals surface area contributed by atoms with Crippen LogP contribution in [0.3, 0.4) is 0 Å². The molecular weight excluding hydrogens is 312 g/mol. The molecule has 1 aliphatic heterocycles. The molecule has 25 heavy (non-hydrogen) atoms. The Labute approximate surface area is 152 Å². The summed E-state index contributed by atoms with van der Waals surface area (Å²) in [6.45, 7) is 11.7. The average Bonchev–Trinajstić information content (AvgIpc) is 2.61. The smallest absolute Gasteiger partial charge is 0.260 e. The zero-order valence-electron chi connectivity index (χ0n) is 16.3. The zero-order chi connectivity index (χ0) is 18.2. The van der Waals surface area contributed by atoms with E-state index in [2.05, 4.69) is 37.1 Å². The minimum atomic E-state index is -0.472. The quantitative estimate of drug-likeness (QED) is 0.775. The molecule has 1 N–H and O–H groups in total. The largest absolute Gasteiger partial charge is 0.481 e. The predicted octanol–water partition coefficient (Wildman–Crippen LogP) is 3.96. The number of unbranched alkanes of at least 4 members (excludes halogenated alkanes) is 1. The van der Waals surface area contributed by atoms with Gasteiger partial charge in [0.15, 0.2) is 6.10 Å². The molecule has 4 nitrogen and oxygen atoms in total. The highest BCUT2D eigenvalue weighted by atomic mass is 16.5. The molecule has 0 spiro atoms. The van der Waals surface area contributed by atoms with Crippen LogP contribution in [0, 0.1) is 0 Å². The van der Waals surface area contributed by atoms with E-state index >= 15 is 0 Å². The maximum absolute atomic E-state index is 12.4. The van der Waals surface area contributed by atoms with Crippen molar-refractivity contribution < 1.29 is 9.53 Å². The van der Waals surface area contributed by atoms with Crippen LogP contribution in [0.2, 0.25) is 0 Å². The van der Waals surface area contributed by atoms with Crippen molar-refractivity contribution in [2.45, 2.75) is 71.4 Å². The lowest BCUT2D eigenvalue weighted by atomic mass is 10.0. The van der Waals surface area contributed by atoms with Crippen LogP contribution in [0.25, 0.3) is 0 Å². The molecule has 0 saturated carbocycles. The van der Waals surface area contributed by atoms with Gasteiger partial charge < -0.3 is 15.0 Å². The first-order valence-corrected chi connectivity index (χ1v) is 9.79. The Morgan fingerprint density at radius 1 is 1.28 bits per heavy atom. The average molecular weight is 347 g/mol. The molecule has 0 aliphatic carbocycles. The summed E-state index contributed by atoms with van der Waals surface area (Å²) in [4.78, 5) is 14.9. The summed E-state index contributed by atoms with van der Waals surface area (Å²) in [6.07, 6.45) is 4.09. The molecule has 0 aromatic heterocycles. The maximum atomic E-state index is 12.4. The summed E-state index contributed by atoms with van der Waals surface area (Å²) in [7, 11) is 0. The number of benzene rings is 1. The maximum Gasteiger partial charge on any atom is 0.260 e. The lowest BCUT2D eigenvalue weighted by molar-refractivity contribution is -0.128. The molecular formula is C21H34N2O2. The number of carbonyl (C=O) groups excluding carboxylic acids is 1. The summed E-state index contributed by atoms with van der Waals surface area (Å²) in [5.41, 5.74) is 1.23. The number of hydrogen-bond donors (Lipinski definition) is 1. The third-order valence-electron chi connectivity index (χ3n) is 4.97. The number of likely N-dealkylation sites (tertiary alicyclic amines) is 1. The molecule has 2 rings (SSSR count). The normalized spacial score (nSPS) is 17.5. The number of carbonyl (C=O) groups is 1. The highest BCUT2D eigenvalue weighted by molar-refractivity contribution is 5.81. The second-order valence-corrected chi connectivity index (χ2v) is 7.47. The molecule has 0 radical (unpaired) electrons. The summed E-state index contributed by atoms with van der Waals surface area (Å²) >= 11 is 0. The molecule has 1 atom stereocenters. The van der Waals surface area contributed by atoms with Gasteiger partial charge in [-0.2, -0.15) is 0 Å². The molecule has 1 unspecified atom stereocenters. The Bertz CT molecular complexity index is 536. The van der Waals surface area contributed by atoms with Crippen molar-refractivity contribution in [1.82, 2.24) is 10.2 Å². The van der Waals surface area contributed by atoms with Crippen LogP contribution in [-0.4, -0.2) is 42.6 Å². The molecule has 1 heterocycles. The van der Waals surface area contributed by atoms with Crippen LogP contribution in [0.15, 0.2) is 24.3 Å². The Morgan fingerprint density at radius 2 is 2.00 bits per heavy atom. The number of nitrogens with one attached hydrogen (secondary N) is 1. The fraction of sp³-hybridized carbons (Fsp3) is 0.667. The van der Waals surface area contributed by atoms with Crippen molar-refractivity contribution in [3.8, 4) is 5.75 Å². The van der Waals surface area contributed by atoms with Gasteiger partial charge in [-0.3, -0.25) is 4.79 Å². The van der Waals surface area contributed by atoms with E-state index in [9.17, 15) is 4.79 Å². The first kappa shape index (κ1) is 19.8. The molecule has 1 aromatic carbocycles. The van der Waals surface area contributed by atoms with Gasteiger partial charge in [0, 0.05) is 19.1 Å². The van der Waals surface area contributed by atoms with E-state index in [1.165, 1.54) is 24.9 Å². The van der Waals surface area contributed by atoms with E-state index in [0.717, 1.165) is 31.7 Å². The van der Waals surface area contributed by atoms with Crippen molar-refractivity contribution in [2.24, 2.45) is 0 Å². The minimum absolute atomic E-state index is 0.0121. The van der Waals surface area contributed by atoms with Crippen molar-refractivity contribution in [1.29, 1.82) is 0 Å². The fourth-order valence-corrected chi connectivity index (χ4v) is 3.21. The van der Waals surface area contributed by atoms with Crippen molar-refractivity contribution >= 4 is 5.91 Å². The molecule has 1 fully saturated rings. The second kappa shape index (κ2) is 9.81. The van der Waals surface area contributed by atoms with Gasteiger partial charge in [-0.25, -0.2) is 0 Å². The van der Waals surface area contributed by atoms with Crippen LogP contribution in [-0.2, 0) is 4.79 Å². The van der Waals surface area contributed by atoms with Gasteiger partial charge in [0.25, 0.3) is 5.91 Å². The van der Waals surface area contributed by atoms with Crippen molar-refractivity contribution in [3.63, 3.8) is 0 Å². The van der Waals surface area contributed by atoms with Crippen LogP contribution in [0.4, 0.5) is 0 Å². The van der Waals surface area contributed by atoms with Gasteiger partial charge in [-0.05, 0) is 56.3 Å². The molecule has 1 aliphatic rings. The summed E-state index contributed by atoms with van der Waals surface area (Å²) in [6, 6.07) is 8.30. The van der Waals surface area contributed by atoms with Gasteiger partial charge in [0.05, 0.1) is 0 Å². The van der Waals surface area contributed by atoms with Crippen LogP contribution >= 0.6 is 0 Å². The number of nitrogens with zero attached hydrogens (tertiary/aromatic N) is 1. The van der Waals surface area contributed by atoms with E-state index in [4.69, 9.17) is 4.74 Å². The Kier molecular flexibility index (Phi) is 7.76. The Morgan fingerprint density at radius 3 is 2.64 bits per heavy atom. The van der Waals surface area contributed by atoms with Gasteiger partial charge in [0.2, 0.25) is 0 Å². The van der Waals surface area contributed by atoms with Gasteiger partial charge in [0.1, 0.15) is 5.75 Å². The molecule has 4 heteroatoms. The lowest BCUT2D eigenvalue weighted by Gasteiger charge is -2.32. The molecule has 1 amide bonds. The van der Waals surface area contributed by atoms with Crippen molar-refractivity contribution in [2.75, 3.05) is 19.6 Å². The number of piperidine rings is 1. The first-order valence-electron chi connectivity index (χ1n) is 9.79. The Hall–Kier alpha value is -1.55. The number of rotatable bonds is 8. The van der Waals surface area contributed by atoms with Crippen LogP contribution < -0.4 is 10.1 Å². The molecule has 140 valence electrons. The SMILES string of the molecule is CCCCN1CCC(NC(=O)C(C)Oc2cccc(C(C)C)c2)CC1. The fourth-order valence-electron chi connectivity index (χ4n) is 3.21. The van der Waals surface area contributed by atoms with Gasteiger partial charge in [-0.1, -0.05) is 39.3 Å². The third kappa shape index (κ3) is 6.35. The number of amides is 1. The van der Waals surface area contributed by atoms with Crippen LogP contribution in [0.5, 0.6) is 5.75 Å². The summed E-state index contributed by atoms with van der Waals surface area (Å²) in [5, 5.41) is 3.16. The highest BCUT2D eigenvalue weighted by Gasteiger charge is 2.23. The minimum Gasteiger partial charge on any atom is -0.481 e. The number of hydrogen-bond acceptors (Lipinski definition) is 3.